The van der Waals surface area contributed by atoms with Gasteiger partial charge in [-0.15, -0.1) is 0 Å². The summed E-state index contributed by atoms with van der Waals surface area (Å²) in [6, 6.07) is 16.2. The summed E-state index contributed by atoms with van der Waals surface area (Å²) in [5.41, 5.74) is 4.10. The van der Waals surface area contributed by atoms with Gasteiger partial charge in [-0.3, -0.25) is 4.79 Å². The van der Waals surface area contributed by atoms with Gasteiger partial charge >= 0.3 is 0 Å². The van der Waals surface area contributed by atoms with Crippen LogP contribution in [0.4, 0.5) is 0 Å². The second-order valence-corrected chi connectivity index (χ2v) is 4.96. The maximum atomic E-state index is 11.1. The highest BCUT2D eigenvalue weighted by Gasteiger charge is 2.03. The van der Waals surface area contributed by atoms with Crippen LogP contribution in [-0.2, 0) is 13.0 Å². The Bertz CT molecular complexity index is 721. The molecular weight excluding hydrogens is 262 g/mol. The van der Waals surface area contributed by atoms with Crippen LogP contribution in [0.15, 0.2) is 61.2 Å². The lowest BCUT2D eigenvalue weighted by Gasteiger charge is -2.08. The Labute approximate surface area is 123 Å². The highest BCUT2D eigenvalue weighted by Crippen LogP contribution is 2.14. The summed E-state index contributed by atoms with van der Waals surface area (Å²) in [5, 5.41) is 4.10. The summed E-state index contributed by atoms with van der Waals surface area (Å²) in [6.45, 7) is 0.615. The van der Waals surface area contributed by atoms with Gasteiger partial charge < -0.3 is 0 Å². The van der Waals surface area contributed by atoms with Crippen LogP contribution >= 0.6 is 0 Å². The van der Waals surface area contributed by atoms with E-state index in [1.165, 1.54) is 11.9 Å². The molecule has 0 N–H and O–H groups in total. The van der Waals surface area contributed by atoms with Gasteiger partial charge in [-0.2, -0.15) is 5.10 Å². The molecule has 0 aliphatic heterocycles. The summed E-state index contributed by atoms with van der Waals surface area (Å²) < 4.78 is 1.75. The summed E-state index contributed by atoms with van der Waals surface area (Å²) in [7, 11) is 0. The molecule has 0 saturated heterocycles. The van der Waals surface area contributed by atoms with Crippen molar-refractivity contribution in [2.24, 2.45) is 0 Å². The second kappa shape index (κ2) is 6.13. The van der Waals surface area contributed by atoms with Crippen molar-refractivity contribution >= 4 is 6.29 Å². The van der Waals surface area contributed by atoms with Crippen molar-refractivity contribution < 1.29 is 4.79 Å². The number of nitrogens with zero attached hydrogens (tertiary/aromatic N) is 3. The van der Waals surface area contributed by atoms with Crippen LogP contribution < -0.4 is 0 Å². The Hall–Kier alpha value is -2.75. The molecule has 0 spiro atoms. The Morgan fingerprint density at radius 1 is 1.00 bits per heavy atom. The van der Waals surface area contributed by atoms with E-state index in [9.17, 15) is 4.79 Å². The van der Waals surface area contributed by atoms with E-state index in [0.717, 1.165) is 23.8 Å². The summed E-state index contributed by atoms with van der Waals surface area (Å²) in [4.78, 5) is 15.1. The first kappa shape index (κ1) is 13.2. The molecule has 0 radical (unpaired) electrons. The highest BCUT2D eigenvalue weighted by molar-refractivity contribution is 5.75. The van der Waals surface area contributed by atoms with E-state index in [4.69, 9.17) is 0 Å². The molecular formula is C17H15N3O. The molecule has 0 aliphatic rings. The number of hydrogen-bond acceptors (Lipinski definition) is 3. The molecule has 0 amide bonds. The summed E-state index contributed by atoms with van der Waals surface area (Å²) in [6.07, 6.45) is 4.88. The van der Waals surface area contributed by atoms with Crippen molar-refractivity contribution in [1.82, 2.24) is 14.8 Å². The van der Waals surface area contributed by atoms with Gasteiger partial charge in [0.05, 0.1) is 6.54 Å². The Morgan fingerprint density at radius 3 is 2.52 bits per heavy atom. The number of carbonyl (C=O) groups excluding carboxylic acids is 1. The highest BCUT2D eigenvalue weighted by atomic mass is 16.1. The van der Waals surface area contributed by atoms with Gasteiger partial charge in [0.15, 0.2) is 0 Å². The van der Waals surface area contributed by atoms with Crippen LogP contribution in [0, 0.1) is 0 Å². The van der Waals surface area contributed by atoms with Crippen LogP contribution in [0.25, 0.3) is 0 Å². The van der Waals surface area contributed by atoms with Gasteiger partial charge in [-0.25, -0.2) is 9.67 Å². The smallest absolute Gasteiger partial charge is 0.150 e. The van der Waals surface area contributed by atoms with Crippen LogP contribution in [0.3, 0.4) is 0 Å². The zero-order valence-corrected chi connectivity index (χ0v) is 11.5. The first-order chi connectivity index (χ1) is 10.3. The fourth-order valence-electron chi connectivity index (χ4n) is 2.39. The summed E-state index contributed by atoms with van der Waals surface area (Å²) >= 11 is 0. The second-order valence-electron chi connectivity index (χ2n) is 4.96. The van der Waals surface area contributed by atoms with Gasteiger partial charge in [-0.05, 0) is 35.2 Å². The van der Waals surface area contributed by atoms with Crippen molar-refractivity contribution in [1.29, 1.82) is 0 Å². The molecule has 0 atom stereocenters. The Kier molecular flexibility index (Phi) is 3.87. The van der Waals surface area contributed by atoms with Crippen LogP contribution in [-0.4, -0.2) is 21.1 Å². The molecule has 1 heterocycles. The molecule has 4 heteroatoms. The fraction of sp³-hybridized carbons (Fsp3) is 0.118. The van der Waals surface area contributed by atoms with Crippen molar-refractivity contribution in [3.8, 4) is 0 Å². The molecule has 104 valence electrons. The molecule has 2 aromatic carbocycles. The minimum absolute atomic E-state index is 0.615. The summed E-state index contributed by atoms with van der Waals surface area (Å²) in [5.74, 6) is 0. The molecule has 21 heavy (non-hydrogen) atoms. The number of aromatic nitrogens is 3. The van der Waals surface area contributed by atoms with E-state index in [1.807, 2.05) is 30.3 Å². The molecule has 0 unspecified atom stereocenters. The van der Waals surface area contributed by atoms with E-state index < -0.39 is 0 Å². The minimum Gasteiger partial charge on any atom is -0.298 e. The average Bonchev–Trinajstić information content (AvgIpc) is 3.01. The third kappa shape index (κ3) is 3.42. The Balaban J connectivity index is 1.88. The minimum atomic E-state index is 0.615. The number of hydrogen-bond donors (Lipinski definition) is 0. The maximum Gasteiger partial charge on any atom is 0.150 e. The number of aldehydes is 1. The predicted octanol–water partition coefficient (Wildman–Crippen LogP) is 2.73. The zero-order chi connectivity index (χ0) is 14.5. The van der Waals surface area contributed by atoms with Gasteiger partial charge in [0, 0.05) is 5.56 Å². The number of benzene rings is 2. The van der Waals surface area contributed by atoms with Gasteiger partial charge in [0.2, 0.25) is 0 Å². The number of carbonyl (C=O) groups is 1. The number of rotatable bonds is 5. The monoisotopic (exact) mass is 277 g/mol. The molecule has 0 aliphatic carbocycles. The topological polar surface area (TPSA) is 47.8 Å². The SMILES string of the molecule is O=Cc1cc(Cc2ccccc2)cc(Cn2cncn2)c1. The van der Waals surface area contributed by atoms with Crippen molar-refractivity contribution in [3.05, 3.63) is 83.4 Å². The van der Waals surface area contributed by atoms with Crippen LogP contribution in [0.5, 0.6) is 0 Å². The van der Waals surface area contributed by atoms with E-state index in [-0.39, 0.29) is 0 Å². The largest absolute Gasteiger partial charge is 0.298 e. The molecule has 0 fully saturated rings. The average molecular weight is 277 g/mol. The third-order valence-corrected chi connectivity index (χ3v) is 3.27. The van der Waals surface area contributed by atoms with Gasteiger partial charge in [0.25, 0.3) is 0 Å². The molecule has 3 rings (SSSR count). The lowest BCUT2D eigenvalue weighted by Crippen LogP contribution is -2.02. The van der Waals surface area contributed by atoms with Crippen LogP contribution in [0.2, 0.25) is 0 Å². The molecule has 4 nitrogen and oxygen atoms in total. The van der Waals surface area contributed by atoms with E-state index in [2.05, 4.69) is 28.3 Å². The van der Waals surface area contributed by atoms with Crippen molar-refractivity contribution in [2.45, 2.75) is 13.0 Å². The molecule has 0 bridgehead atoms. The standard InChI is InChI=1S/C17H15N3O/c21-11-17-8-15(6-14-4-2-1-3-5-14)7-16(9-17)10-20-13-18-12-19-20/h1-5,7-9,11-13H,6,10H2. The first-order valence-electron chi connectivity index (χ1n) is 6.78. The van der Waals surface area contributed by atoms with E-state index >= 15 is 0 Å². The lowest BCUT2D eigenvalue weighted by molar-refractivity contribution is 0.112. The zero-order valence-electron chi connectivity index (χ0n) is 11.5. The Morgan fingerprint density at radius 2 is 1.81 bits per heavy atom. The first-order valence-corrected chi connectivity index (χ1v) is 6.78. The lowest BCUT2D eigenvalue weighted by atomic mass is 10.00. The van der Waals surface area contributed by atoms with Crippen LogP contribution in [0.1, 0.15) is 27.0 Å². The van der Waals surface area contributed by atoms with Crippen molar-refractivity contribution in [3.63, 3.8) is 0 Å². The van der Waals surface area contributed by atoms with E-state index in [0.29, 0.717) is 12.1 Å². The predicted molar refractivity (Wildman–Crippen MR) is 80.2 cm³/mol. The molecule has 3 aromatic rings. The normalized spacial score (nSPS) is 10.5. The van der Waals surface area contributed by atoms with Gasteiger partial charge in [0.1, 0.15) is 18.9 Å². The fourth-order valence-corrected chi connectivity index (χ4v) is 2.39. The van der Waals surface area contributed by atoms with Crippen molar-refractivity contribution in [2.75, 3.05) is 0 Å². The van der Waals surface area contributed by atoms with E-state index in [1.54, 1.807) is 11.0 Å². The molecule has 0 saturated carbocycles. The van der Waals surface area contributed by atoms with Gasteiger partial charge in [-0.1, -0.05) is 36.4 Å². The maximum absolute atomic E-state index is 11.1. The third-order valence-electron chi connectivity index (χ3n) is 3.27. The molecule has 1 aromatic heterocycles. The quantitative estimate of drug-likeness (QED) is 0.674.